The van der Waals surface area contributed by atoms with Gasteiger partial charge in [-0.15, -0.1) is 0 Å². The summed E-state index contributed by atoms with van der Waals surface area (Å²) in [6, 6.07) is 16.1. The first kappa shape index (κ1) is 20.6. The quantitative estimate of drug-likeness (QED) is 0.525. The number of benzene rings is 2. The number of aliphatic imine (C=N–C) groups is 1. The molecule has 0 amide bonds. The minimum atomic E-state index is 0.674. The Morgan fingerprint density at radius 1 is 0.963 bits per heavy atom. The number of methoxy groups -OCH3 is 1. The van der Waals surface area contributed by atoms with Gasteiger partial charge in [-0.1, -0.05) is 24.3 Å². The lowest BCUT2D eigenvalue weighted by atomic mass is 10.2. The van der Waals surface area contributed by atoms with E-state index >= 15 is 0 Å². The van der Waals surface area contributed by atoms with E-state index in [4.69, 9.17) is 9.47 Å². The minimum absolute atomic E-state index is 0.674. The van der Waals surface area contributed by atoms with Gasteiger partial charge in [0, 0.05) is 26.7 Å². The molecule has 6 nitrogen and oxygen atoms in total. The van der Waals surface area contributed by atoms with E-state index in [2.05, 4.69) is 32.7 Å². The molecule has 2 N–H and O–H groups in total. The molecule has 0 saturated heterocycles. The summed E-state index contributed by atoms with van der Waals surface area (Å²) in [7, 11) is 7.51. The molecule has 2 aromatic carbocycles. The third-order valence-corrected chi connectivity index (χ3v) is 4.01. The van der Waals surface area contributed by atoms with Crippen LogP contribution < -0.4 is 20.1 Å². The number of hydrogen-bond acceptors (Lipinski definition) is 4. The summed E-state index contributed by atoms with van der Waals surface area (Å²) in [4.78, 5) is 6.38. The second-order valence-corrected chi connectivity index (χ2v) is 6.43. The number of guanidine groups is 1. The van der Waals surface area contributed by atoms with Crippen molar-refractivity contribution in [1.29, 1.82) is 0 Å². The Labute approximate surface area is 162 Å². The molecule has 0 radical (unpaired) electrons. The van der Waals surface area contributed by atoms with Crippen LogP contribution >= 0.6 is 0 Å². The third kappa shape index (κ3) is 7.58. The molecule has 146 valence electrons. The van der Waals surface area contributed by atoms with Crippen molar-refractivity contribution in [3.63, 3.8) is 0 Å². The van der Waals surface area contributed by atoms with Crippen LogP contribution in [0.15, 0.2) is 53.5 Å². The molecule has 27 heavy (non-hydrogen) atoms. The summed E-state index contributed by atoms with van der Waals surface area (Å²) in [5.74, 6) is 2.50. The van der Waals surface area contributed by atoms with E-state index in [9.17, 15) is 0 Å². The Kier molecular flexibility index (Phi) is 8.45. The van der Waals surface area contributed by atoms with Gasteiger partial charge in [0.15, 0.2) is 5.96 Å². The zero-order valence-electron chi connectivity index (χ0n) is 16.7. The van der Waals surface area contributed by atoms with E-state index in [1.54, 1.807) is 14.2 Å². The average Bonchev–Trinajstić information content (AvgIpc) is 2.68. The fraction of sp³-hybridized carbons (Fsp3) is 0.381. The highest BCUT2D eigenvalue weighted by Crippen LogP contribution is 2.13. The number of nitrogens with zero attached hydrogens (tertiary/aromatic N) is 2. The fourth-order valence-electron chi connectivity index (χ4n) is 2.43. The smallest absolute Gasteiger partial charge is 0.191 e. The maximum Gasteiger partial charge on any atom is 0.191 e. The molecular formula is C21H30N4O2. The van der Waals surface area contributed by atoms with Crippen LogP contribution in [0.3, 0.4) is 0 Å². The van der Waals surface area contributed by atoms with Crippen LogP contribution in [0.2, 0.25) is 0 Å². The molecule has 0 spiro atoms. The number of nitrogens with one attached hydrogen (secondary N) is 2. The fourth-order valence-corrected chi connectivity index (χ4v) is 2.43. The molecule has 2 aromatic rings. The van der Waals surface area contributed by atoms with E-state index in [0.717, 1.165) is 35.1 Å². The minimum Gasteiger partial charge on any atom is -0.497 e. The summed E-state index contributed by atoms with van der Waals surface area (Å²) >= 11 is 0. The molecule has 6 heteroatoms. The van der Waals surface area contributed by atoms with Gasteiger partial charge in [0.2, 0.25) is 0 Å². The van der Waals surface area contributed by atoms with Crippen LogP contribution in [0.25, 0.3) is 0 Å². The second-order valence-electron chi connectivity index (χ2n) is 6.43. The molecule has 0 fully saturated rings. The number of likely N-dealkylation sites (N-methyl/N-ethyl adjacent to an activating group) is 1. The number of rotatable bonds is 9. The van der Waals surface area contributed by atoms with E-state index in [1.165, 1.54) is 0 Å². The van der Waals surface area contributed by atoms with Gasteiger partial charge in [0.1, 0.15) is 18.1 Å². The predicted molar refractivity (Wildman–Crippen MR) is 111 cm³/mol. The standard InChI is InChI=1S/C21H30N4O2/c1-22-21(23-15-17-8-10-19(26-4)11-9-17)24-16-18-6-5-7-20(14-18)27-13-12-25(2)3/h5-11,14H,12-13,15-16H2,1-4H3,(H2,22,23,24). The summed E-state index contributed by atoms with van der Waals surface area (Å²) in [6.45, 7) is 2.93. The molecule has 2 rings (SSSR count). The lowest BCUT2D eigenvalue weighted by molar-refractivity contribution is 0.261. The predicted octanol–water partition coefficient (Wildman–Crippen LogP) is 2.50. The molecule has 0 aliphatic rings. The molecule has 0 aliphatic heterocycles. The van der Waals surface area contributed by atoms with E-state index in [0.29, 0.717) is 19.7 Å². The summed E-state index contributed by atoms with van der Waals surface area (Å²) < 4.78 is 11.0. The first-order valence-electron chi connectivity index (χ1n) is 9.04. The van der Waals surface area contributed by atoms with Crippen molar-refractivity contribution in [3.05, 3.63) is 59.7 Å². The van der Waals surface area contributed by atoms with Gasteiger partial charge in [-0.2, -0.15) is 0 Å². The lowest BCUT2D eigenvalue weighted by Gasteiger charge is -2.14. The zero-order valence-corrected chi connectivity index (χ0v) is 16.7. The molecule has 0 saturated carbocycles. The van der Waals surface area contributed by atoms with Gasteiger partial charge < -0.3 is 25.0 Å². The Morgan fingerprint density at radius 2 is 1.67 bits per heavy atom. The maximum absolute atomic E-state index is 5.79. The van der Waals surface area contributed by atoms with Crippen molar-refractivity contribution < 1.29 is 9.47 Å². The van der Waals surface area contributed by atoms with E-state index < -0.39 is 0 Å². The number of ether oxygens (including phenoxy) is 2. The van der Waals surface area contributed by atoms with Gasteiger partial charge in [-0.05, 0) is 49.5 Å². The van der Waals surface area contributed by atoms with Crippen LogP contribution in [0, 0.1) is 0 Å². The van der Waals surface area contributed by atoms with Crippen molar-refractivity contribution >= 4 is 5.96 Å². The summed E-state index contributed by atoms with van der Waals surface area (Å²) in [5, 5.41) is 6.65. The van der Waals surface area contributed by atoms with E-state index in [1.807, 2.05) is 50.5 Å². The van der Waals surface area contributed by atoms with Crippen LogP contribution in [0.5, 0.6) is 11.5 Å². The van der Waals surface area contributed by atoms with E-state index in [-0.39, 0.29) is 0 Å². The average molecular weight is 370 g/mol. The van der Waals surface area contributed by atoms with Crippen molar-refractivity contribution in [2.45, 2.75) is 13.1 Å². The molecule has 0 unspecified atom stereocenters. The highest BCUT2D eigenvalue weighted by atomic mass is 16.5. The monoisotopic (exact) mass is 370 g/mol. The Hall–Kier alpha value is -2.73. The largest absolute Gasteiger partial charge is 0.497 e. The lowest BCUT2D eigenvalue weighted by Crippen LogP contribution is -2.36. The van der Waals surface area contributed by atoms with Crippen LogP contribution in [0.1, 0.15) is 11.1 Å². The molecule has 0 atom stereocenters. The van der Waals surface area contributed by atoms with Gasteiger partial charge >= 0.3 is 0 Å². The van der Waals surface area contributed by atoms with Crippen LogP contribution in [-0.2, 0) is 13.1 Å². The Bertz CT molecular complexity index is 714. The summed E-state index contributed by atoms with van der Waals surface area (Å²) in [5.41, 5.74) is 2.31. The van der Waals surface area contributed by atoms with Crippen molar-refractivity contribution in [1.82, 2.24) is 15.5 Å². The van der Waals surface area contributed by atoms with Crippen LogP contribution in [0.4, 0.5) is 0 Å². The first-order valence-corrected chi connectivity index (χ1v) is 9.04. The zero-order chi connectivity index (χ0) is 19.5. The van der Waals surface area contributed by atoms with Crippen molar-refractivity contribution in [3.8, 4) is 11.5 Å². The molecule has 0 aliphatic carbocycles. The molecule has 0 aromatic heterocycles. The van der Waals surface area contributed by atoms with Crippen molar-refractivity contribution in [2.24, 2.45) is 4.99 Å². The second kappa shape index (κ2) is 11.1. The van der Waals surface area contributed by atoms with Gasteiger partial charge in [-0.25, -0.2) is 0 Å². The highest BCUT2D eigenvalue weighted by Gasteiger charge is 2.02. The van der Waals surface area contributed by atoms with Crippen molar-refractivity contribution in [2.75, 3.05) is 41.4 Å². The number of hydrogen-bond donors (Lipinski definition) is 2. The molecule has 0 heterocycles. The first-order chi connectivity index (χ1) is 13.1. The van der Waals surface area contributed by atoms with Gasteiger partial charge in [0.25, 0.3) is 0 Å². The molecule has 0 bridgehead atoms. The third-order valence-electron chi connectivity index (χ3n) is 4.01. The highest BCUT2D eigenvalue weighted by molar-refractivity contribution is 5.79. The van der Waals surface area contributed by atoms with Crippen LogP contribution in [-0.4, -0.2) is 52.3 Å². The SMILES string of the molecule is CN=C(NCc1ccc(OC)cc1)NCc1cccc(OCCN(C)C)c1. The topological polar surface area (TPSA) is 58.1 Å². The normalized spacial score (nSPS) is 11.4. The Morgan fingerprint density at radius 3 is 2.30 bits per heavy atom. The maximum atomic E-state index is 5.79. The molecular weight excluding hydrogens is 340 g/mol. The Balaban J connectivity index is 1.81. The van der Waals surface area contributed by atoms with Gasteiger partial charge in [-0.3, -0.25) is 4.99 Å². The summed E-state index contributed by atoms with van der Waals surface area (Å²) in [6.07, 6.45) is 0. The van der Waals surface area contributed by atoms with Gasteiger partial charge in [0.05, 0.1) is 7.11 Å².